The van der Waals surface area contributed by atoms with Gasteiger partial charge in [-0.2, -0.15) is 0 Å². The zero-order chi connectivity index (χ0) is 15.6. The largest absolute Gasteiger partial charge is 0.481 e. The van der Waals surface area contributed by atoms with Crippen molar-refractivity contribution < 1.29 is 14.7 Å². The third kappa shape index (κ3) is 3.98. The minimum absolute atomic E-state index is 0.00951. The van der Waals surface area contributed by atoms with Gasteiger partial charge in [0.15, 0.2) is 0 Å². The Morgan fingerprint density at radius 3 is 2.71 bits per heavy atom. The molecule has 1 aromatic carbocycles. The van der Waals surface area contributed by atoms with Gasteiger partial charge in [-0.15, -0.1) is 0 Å². The highest BCUT2D eigenvalue weighted by atomic mass is 35.5. The molecule has 2 rings (SSSR count). The minimum Gasteiger partial charge on any atom is -0.481 e. The van der Waals surface area contributed by atoms with E-state index in [4.69, 9.17) is 16.7 Å². The van der Waals surface area contributed by atoms with Crippen LogP contribution in [-0.4, -0.2) is 27.5 Å². The van der Waals surface area contributed by atoms with Crippen LogP contribution < -0.4 is 5.32 Å². The van der Waals surface area contributed by atoms with Gasteiger partial charge in [0.1, 0.15) is 5.69 Å². The van der Waals surface area contributed by atoms with Crippen molar-refractivity contribution in [2.45, 2.75) is 32.2 Å². The lowest BCUT2D eigenvalue weighted by atomic mass is 9.98. The van der Waals surface area contributed by atoms with Crippen molar-refractivity contribution in [3.8, 4) is 0 Å². The quantitative estimate of drug-likeness (QED) is 0.793. The van der Waals surface area contributed by atoms with Gasteiger partial charge in [0.2, 0.25) is 0 Å². The van der Waals surface area contributed by atoms with E-state index in [1.54, 1.807) is 32.0 Å². The molecule has 0 aliphatic heterocycles. The number of rotatable bonds is 5. The fraction of sp³-hybridized carbons (Fsp3) is 0.333. The summed E-state index contributed by atoms with van der Waals surface area (Å²) in [6.45, 7) is 3.60. The van der Waals surface area contributed by atoms with Crippen LogP contribution in [0, 0.1) is 0 Å². The van der Waals surface area contributed by atoms with Crippen molar-refractivity contribution >= 4 is 34.4 Å². The smallest absolute Gasteiger partial charge is 0.303 e. The fourth-order valence-electron chi connectivity index (χ4n) is 2.08. The number of H-pyrrole nitrogens is 1. The Morgan fingerprint density at radius 2 is 2.05 bits per heavy atom. The van der Waals surface area contributed by atoms with Gasteiger partial charge in [0.25, 0.3) is 5.91 Å². The van der Waals surface area contributed by atoms with E-state index in [0.29, 0.717) is 17.1 Å². The van der Waals surface area contributed by atoms with Gasteiger partial charge >= 0.3 is 5.97 Å². The third-order valence-corrected chi connectivity index (χ3v) is 3.48. The Hall–Kier alpha value is -2.01. The Bertz CT molecular complexity index is 691. The van der Waals surface area contributed by atoms with E-state index in [1.807, 2.05) is 6.07 Å². The molecule has 0 radical (unpaired) electrons. The predicted octanol–water partition coefficient (Wildman–Crippen LogP) is 3.19. The first-order valence-corrected chi connectivity index (χ1v) is 6.97. The molecule has 1 aromatic heterocycles. The molecular formula is C15H17ClN2O3. The SMILES string of the molecule is CC(C)(CCC(=O)O)NC(=O)c1cc2ccc(Cl)cc2[nH]1. The number of benzene rings is 1. The number of aliphatic carboxylic acids is 1. The fourth-order valence-corrected chi connectivity index (χ4v) is 2.25. The van der Waals surface area contributed by atoms with Gasteiger partial charge in [0, 0.05) is 27.9 Å². The third-order valence-electron chi connectivity index (χ3n) is 3.24. The minimum atomic E-state index is -0.877. The molecule has 6 heteroatoms. The zero-order valence-electron chi connectivity index (χ0n) is 11.9. The molecule has 0 saturated carbocycles. The van der Waals surface area contributed by atoms with Crippen LogP contribution in [0.3, 0.4) is 0 Å². The van der Waals surface area contributed by atoms with Crippen molar-refractivity contribution in [1.82, 2.24) is 10.3 Å². The number of aromatic nitrogens is 1. The zero-order valence-corrected chi connectivity index (χ0v) is 12.6. The van der Waals surface area contributed by atoms with Crippen LogP contribution in [0.5, 0.6) is 0 Å². The van der Waals surface area contributed by atoms with Gasteiger partial charge in [-0.3, -0.25) is 9.59 Å². The van der Waals surface area contributed by atoms with Crippen LogP contribution in [0.1, 0.15) is 37.2 Å². The number of halogens is 1. The lowest BCUT2D eigenvalue weighted by Crippen LogP contribution is -2.43. The lowest BCUT2D eigenvalue weighted by Gasteiger charge is -2.25. The van der Waals surface area contributed by atoms with Gasteiger partial charge in [0.05, 0.1) is 0 Å². The maximum Gasteiger partial charge on any atom is 0.303 e. The van der Waals surface area contributed by atoms with E-state index >= 15 is 0 Å². The van der Waals surface area contributed by atoms with Crippen molar-refractivity contribution in [3.63, 3.8) is 0 Å². The number of amides is 1. The topological polar surface area (TPSA) is 82.2 Å². The summed E-state index contributed by atoms with van der Waals surface area (Å²) in [5.74, 6) is -1.14. The Labute approximate surface area is 127 Å². The Morgan fingerprint density at radius 1 is 1.33 bits per heavy atom. The normalized spacial score (nSPS) is 11.6. The molecule has 5 nitrogen and oxygen atoms in total. The summed E-state index contributed by atoms with van der Waals surface area (Å²) in [6.07, 6.45) is 0.371. The predicted molar refractivity (Wildman–Crippen MR) is 81.7 cm³/mol. The molecule has 2 aromatic rings. The van der Waals surface area contributed by atoms with E-state index in [-0.39, 0.29) is 12.3 Å². The van der Waals surface area contributed by atoms with Crippen molar-refractivity contribution in [3.05, 3.63) is 35.0 Å². The summed E-state index contributed by atoms with van der Waals surface area (Å²) in [5, 5.41) is 13.0. The highest BCUT2D eigenvalue weighted by Crippen LogP contribution is 2.20. The summed E-state index contributed by atoms with van der Waals surface area (Å²) in [7, 11) is 0. The van der Waals surface area contributed by atoms with Gasteiger partial charge in [-0.05, 0) is 38.5 Å². The number of carbonyl (C=O) groups is 2. The van der Waals surface area contributed by atoms with Crippen molar-refractivity contribution in [1.29, 1.82) is 0 Å². The van der Waals surface area contributed by atoms with Crippen molar-refractivity contribution in [2.24, 2.45) is 0 Å². The van der Waals surface area contributed by atoms with Gasteiger partial charge in [-0.1, -0.05) is 17.7 Å². The Balaban J connectivity index is 2.12. The number of aromatic amines is 1. The summed E-state index contributed by atoms with van der Waals surface area (Å²) >= 11 is 5.91. The van der Waals surface area contributed by atoms with Gasteiger partial charge in [-0.25, -0.2) is 0 Å². The molecule has 3 N–H and O–H groups in total. The molecule has 0 fully saturated rings. The molecular weight excluding hydrogens is 292 g/mol. The standard InChI is InChI=1S/C15H17ClN2O3/c1-15(2,6-5-13(19)20)18-14(21)12-7-9-3-4-10(16)8-11(9)17-12/h3-4,7-8,17H,5-6H2,1-2H3,(H,18,21)(H,19,20). The van der Waals surface area contributed by atoms with Crippen LogP contribution in [0.25, 0.3) is 10.9 Å². The number of fused-ring (bicyclic) bond motifs is 1. The number of nitrogens with one attached hydrogen (secondary N) is 2. The average Bonchev–Trinajstić information content (AvgIpc) is 2.79. The van der Waals surface area contributed by atoms with Gasteiger partial charge < -0.3 is 15.4 Å². The molecule has 0 atom stereocenters. The number of carbonyl (C=O) groups excluding carboxylic acids is 1. The average molecular weight is 309 g/mol. The molecule has 0 aliphatic carbocycles. The maximum atomic E-state index is 12.2. The van der Waals surface area contributed by atoms with E-state index < -0.39 is 11.5 Å². The number of carboxylic acids is 1. The first-order chi connectivity index (χ1) is 9.77. The highest BCUT2D eigenvalue weighted by Gasteiger charge is 2.23. The summed E-state index contributed by atoms with van der Waals surface area (Å²) in [6, 6.07) is 7.09. The second-order valence-electron chi connectivity index (χ2n) is 5.65. The lowest BCUT2D eigenvalue weighted by molar-refractivity contribution is -0.137. The van der Waals surface area contributed by atoms with Crippen LogP contribution >= 0.6 is 11.6 Å². The molecule has 1 heterocycles. The van der Waals surface area contributed by atoms with Crippen molar-refractivity contribution in [2.75, 3.05) is 0 Å². The monoisotopic (exact) mass is 308 g/mol. The van der Waals surface area contributed by atoms with E-state index in [9.17, 15) is 9.59 Å². The van der Waals surface area contributed by atoms with E-state index in [1.165, 1.54) is 0 Å². The molecule has 0 unspecified atom stereocenters. The number of hydrogen-bond donors (Lipinski definition) is 3. The molecule has 0 saturated heterocycles. The molecule has 0 spiro atoms. The van der Waals surface area contributed by atoms with Crippen LogP contribution in [0.4, 0.5) is 0 Å². The number of carboxylic acid groups (broad SMARTS) is 1. The van der Waals surface area contributed by atoms with Crippen LogP contribution in [0.15, 0.2) is 24.3 Å². The highest BCUT2D eigenvalue weighted by molar-refractivity contribution is 6.31. The second kappa shape index (κ2) is 5.77. The summed E-state index contributed by atoms with van der Waals surface area (Å²) < 4.78 is 0. The second-order valence-corrected chi connectivity index (χ2v) is 6.08. The molecule has 112 valence electrons. The summed E-state index contributed by atoms with van der Waals surface area (Å²) in [4.78, 5) is 25.9. The summed E-state index contributed by atoms with van der Waals surface area (Å²) in [5.41, 5.74) is 0.622. The maximum absolute atomic E-state index is 12.2. The Kier molecular flexibility index (Phi) is 4.23. The first-order valence-electron chi connectivity index (χ1n) is 6.59. The molecule has 0 aliphatic rings. The first kappa shape index (κ1) is 15.4. The molecule has 0 bridgehead atoms. The molecule has 21 heavy (non-hydrogen) atoms. The van der Waals surface area contributed by atoms with E-state index in [0.717, 1.165) is 10.9 Å². The molecule has 1 amide bonds. The van der Waals surface area contributed by atoms with Crippen LogP contribution in [-0.2, 0) is 4.79 Å². The van der Waals surface area contributed by atoms with Crippen LogP contribution in [0.2, 0.25) is 5.02 Å². The number of hydrogen-bond acceptors (Lipinski definition) is 2. The van der Waals surface area contributed by atoms with E-state index in [2.05, 4.69) is 10.3 Å².